The van der Waals surface area contributed by atoms with Crippen LogP contribution in [0.15, 0.2) is 31.5 Å². The molecule has 5 rings (SSSR count). The van der Waals surface area contributed by atoms with E-state index < -0.39 is 0 Å². The average Bonchev–Trinajstić information content (AvgIpc) is 3.52. The number of hydrogen-bond donors (Lipinski definition) is 5. The predicted molar refractivity (Wildman–Crippen MR) is 111 cm³/mol. The molecule has 13 heteroatoms. The van der Waals surface area contributed by atoms with Crippen LogP contribution in [-0.2, 0) is 6.54 Å². The Hall–Kier alpha value is -4.60. The van der Waals surface area contributed by atoms with Gasteiger partial charge in [-0.1, -0.05) is 13.3 Å². The van der Waals surface area contributed by atoms with Crippen LogP contribution in [0.5, 0.6) is 0 Å². The van der Waals surface area contributed by atoms with Crippen molar-refractivity contribution in [2.24, 2.45) is 0 Å². The summed E-state index contributed by atoms with van der Waals surface area (Å²) in [6.07, 6.45) is 12.8. The van der Waals surface area contributed by atoms with Crippen LogP contribution in [0.25, 0.3) is 22.3 Å². The number of nitrogens with zero attached hydrogens (tertiary/aromatic N) is 8. The highest BCUT2D eigenvalue weighted by atomic mass is 15.3. The lowest BCUT2D eigenvalue weighted by Crippen LogP contribution is -2.02. The van der Waals surface area contributed by atoms with E-state index in [0.717, 1.165) is 16.7 Å². The van der Waals surface area contributed by atoms with Gasteiger partial charge < -0.3 is 20.6 Å². The van der Waals surface area contributed by atoms with E-state index in [1.807, 2.05) is 0 Å². The lowest BCUT2D eigenvalue weighted by Gasteiger charge is -2.02. The number of H-pyrrole nitrogens is 3. The van der Waals surface area contributed by atoms with Crippen molar-refractivity contribution in [3.63, 3.8) is 0 Å². The molecule has 0 bridgehead atoms. The fraction of sp³-hybridized carbons (Fsp3) is 0.176. The first-order valence-electron chi connectivity index (χ1n) is 8.39. The van der Waals surface area contributed by atoms with E-state index in [2.05, 4.69) is 71.8 Å². The van der Waals surface area contributed by atoms with E-state index in [4.69, 9.17) is 6.42 Å². The van der Waals surface area contributed by atoms with Gasteiger partial charge in [0.15, 0.2) is 22.9 Å². The number of aromatic nitrogens is 11. The van der Waals surface area contributed by atoms with Crippen molar-refractivity contribution >= 4 is 34.0 Å². The summed E-state index contributed by atoms with van der Waals surface area (Å²) in [5.41, 5.74) is 3.64. The molecule has 0 aromatic carbocycles. The highest BCUT2D eigenvalue weighted by Gasteiger charge is 2.05. The lowest BCUT2D eigenvalue weighted by atomic mass is 10.4. The molecule has 0 spiro atoms. The van der Waals surface area contributed by atoms with Crippen molar-refractivity contribution in [1.29, 1.82) is 0 Å². The van der Waals surface area contributed by atoms with Crippen LogP contribution >= 0.6 is 0 Å². The highest BCUT2D eigenvalue weighted by Crippen LogP contribution is 2.15. The first kappa shape index (κ1) is 20.1. The molecule has 0 amide bonds. The van der Waals surface area contributed by atoms with Gasteiger partial charge in [-0.2, -0.15) is 15.4 Å². The van der Waals surface area contributed by atoms with Gasteiger partial charge >= 0.3 is 0 Å². The van der Waals surface area contributed by atoms with Crippen molar-refractivity contribution in [2.75, 3.05) is 17.2 Å². The van der Waals surface area contributed by atoms with Crippen LogP contribution < -0.4 is 10.6 Å². The molecule has 0 aliphatic rings. The molecule has 5 heterocycles. The van der Waals surface area contributed by atoms with E-state index in [0.29, 0.717) is 36.0 Å². The Balaban J connectivity index is 0.000000169. The van der Waals surface area contributed by atoms with Crippen molar-refractivity contribution in [3.05, 3.63) is 37.2 Å². The standard InChI is InChI=1S/C8H8N8.C8H7N5.CH4/c1(5-2-14-16-15-5)9-7-6-8(11-3-10-6)13-4-12-7;1-2-3-9-7-6-8(11-4-10-6)13-5-12-7;/h2-4H,1H2,(H,14,15,16)(H2,9,10,11,12,13);1,4-5H,3H2,(H2,9,10,11,12,13);1H4. The number of rotatable bonds is 5. The summed E-state index contributed by atoms with van der Waals surface area (Å²) >= 11 is 0. The topological polar surface area (TPSA) is 175 Å². The number of imidazole rings is 2. The van der Waals surface area contributed by atoms with E-state index in [1.54, 1.807) is 18.9 Å². The molecular weight excluding hydrogens is 386 g/mol. The van der Waals surface area contributed by atoms with Crippen LogP contribution in [0.4, 0.5) is 11.6 Å². The van der Waals surface area contributed by atoms with E-state index in [-0.39, 0.29) is 7.43 Å². The van der Waals surface area contributed by atoms with Gasteiger partial charge in [-0.15, -0.1) is 6.42 Å². The minimum absolute atomic E-state index is 0. The molecule has 0 radical (unpaired) electrons. The monoisotopic (exact) mass is 405 g/mol. The predicted octanol–water partition coefficient (Wildman–Crippen LogP) is 1.12. The Kier molecular flexibility index (Phi) is 6.41. The minimum Gasteiger partial charge on any atom is -0.362 e. The van der Waals surface area contributed by atoms with Gasteiger partial charge in [0.1, 0.15) is 29.4 Å². The maximum absolute atomic E-state index is 5.11. The fourth-order valence-corrected chi connectivity index (χ4v) is 2.42. The zero-order valence-electron chi connectivity index (χ0n) is 15.0. The van der Waals surface area contributed by atoms with Crippen molar-refractivity contribution in [2.45, 2.75) is 14.0 Å². The van der Waals surface area contributed by atoms with Crippen molar-refractivity contribution in [3.8, 4) is 12.3 Å². The quantitative estimate of drug-likeness (QED) is 0.266. The molecular formula is C17H19N13. The van der Waals surface area contributed by atoms with E-state index in [9.17, 15) is 0 Å². The molecule has 0 atom stereocenters. The Morgan fingerprint density at radius 3 is 2.07 bits per heavy atom. The molecule has 0 saturated heterocycles. The Morgan fingerprint density at radius 1 is 0.867 bits per heavy atom. The molecule has 0 fully saturated rings. The van der Waals surface area contributed by atoms with Gasteiger partial charge in [0, 0.05) is 0 Å². The van der Waals surface area contributed by atoms with Crippen LogP contribution in [0.2, 0.25) is 0 Å². The molecule has 5 aromatic heterocycles. The SMILES string of the molecule is C.C#CCNc1ncnc2nc[nH]c12.c1nc(NCc2cn[nH]n2)c2[nH]cnc2n1. The van der Waals surface area contributed by atoms with Crippen LogP contribution in [0.1, 0.15) is 13.1 Å². The van der Waals surface area contributed by atoms with Gasteiger partial charge in [-0.05, 0) is 0 Å². The third-order valence-electron chi connectivity index (χ3n) is 3.71. The number of hydrogen-bond acceptors (Lipinski definition) is 10. The van der Waals surface area contributed by atoms with Gasteiger partial charge in [0.25, 0.3) is 0 Å². The molecule has 0 aliphatic carbocycles. The fourth-order valence-electron chi connectivity index (χ4n) is 2.42. The van der Waals surface area contributed by atoms with Gasteiger partial charge in [0.05, 0.1) is 31.9 Å². The number of terminal acetylenes is 1. The van der Waals surface area contributed by atoms with Crippen molar-refractivity contribution < 1.29 is 0 Å². The molecule has 0 unspecified atom stereocenters. The van der Waals surface area contributed by atoms with Crippen LogP contribution in [-0.4, -0.2) is 61.8 Å². The summed E-state index contributed by atoms with van der Waals surface area (Å²) in [6.45, 7) is 0.979. The first-order valence-corrected chi connectivity index (χ1v) is 8.39. The largest absolute Gasteiger partial charge is 0.362 e. The highest BCUT2D eigenvalue weighted by molar-refractivity contribution is 5.82. The second-order valence-electron chi connectivity index (χ2n) is 5.52. The van der Waals surface area contributed by atoms with Crippen molar-refractivity contribution in [1.82, 2.24) is 55.3 Å². The lowest BCUT2D eigenvalue weighted by molar-refractivity contribution is 0.909. The first-order chi connectivity index (χ1) is 14.3. The second kappa shape index (κ2) is 9.55. The number of nitrogens with one attached hydrogen (secondary N) is 5. The average molecular weight is 405 g/mol. The minimum atomic E-state index is 0. The maximum Gasteiger partial charge on any atom is 0.182 e. The molecule has 13 nitrogen and oxygen atoms in total. The number of aromatic amines is 3. The Morgan fingerprint density at radius 2 is 1.50 bits per heavy atom. The maximum atomic E-state index is 5.11. The third kappa shape index (κ3) is 4.44. The summed E-state index contributed by atoms with van der Waals surface area (Å²) in [7, 11) is 0. The summed E-state index contributed by atoms with van der Waals surface area (Å²) in [4.78, 5) is 30.1. The summed E-state index contributed by atoms with van der Waals surface area (Å²) in [5.74, 6) is 3.85. The Bertz CT molecular complexity index is 1230. The van der Waals surface area contributed by atoms with Gasteiger partial charge in [0.2, 0.25) is 0 Å². The van der Waals surface area contributed by atoms with E-state index >= 15 is 0 Å². The molecule has 5 N–H and O–H groups in total. The van der Waals surface area contributed by atoms with E-state index in [1.165, 1.54) is 12.7 Å². The Labute approximate surface area is 170 Å². The summed E-state index contributed by atoms with van der Waals surface area (Å²) in [6, 6.07) is 0. The molecule has 30 heavy (non-hydrogen) atoms. The zero-order valence-corrected chi connectivity index (χ0v) is 15.0. The van der Waals surface area contributed by atoms with Gasteiger partial charge in [-0.25, -0.2) is 29.9 Å². The molecule has 0 saturated carbocycles. The second-order valence-corrected chi connectivity index (χ2v) is 5.52. The van der Waals surface area contributed by atoms with Gasteiger partial charge in [-0.3, -0.25) is 0 Å². The molecule has 0 aliphatic heterocycles. The van der Waals surface area contributed by atoms with Crippen LogP contribution in [0, 0.1) is 12.3 Å². The van der Waals surface area contributed by atoms with Crippen LogP contribution in [0.3, 0.4) is 0 Å². The zero-order chi connectivity index (χ0) is 19.9. The normalized spacial score (nSPS) is 9.97. The summed E-state index contributed by atoms with van der Waals surface area (Å²) < 4.78 is 0. The summed E-state index contributed by atoms with van der Waals surface area (Å²) in [5, 5.41) is 16.3. The molecule has 5 aromatic rings. The molecule has 152 valence electrons. The smallest absolute Gasteiger partial charge is 0.182 e. The number of anilines is 2. The third-order valence-corrected chi connectivity index (χ3v) is 3.71. The number of fused-ring (bicyclic) bond motifs is 2.